The molecule has 0 amide bonds. The van der Waals surface area contributed by atoms with Gasteiger partial charge in [0.15, 0.2) is 0 Å². The molecule has 7 heteroatoms. The molecule has 4 rings (SSSR count). The van der Waals surface area contributed by atoms with E-state index < -0.39 is 10.0 Å². The van der Waals surface area contributed by atoms with E-state index in [1.165, 1.54) is 22.7 Å². The van der Waals surface area contributed by atoms with Crippen LogP contribution < -0.4 is 10.1 Å². The Bertz CT molecular complexity index is 877. The van der Waals surface area contributed by atoms with Crippen molar-refractivity contribution in [2.75, 3.05) is 39.5 Å². The average molecular weight is 417 g/mol. The highest BCUT2D eigenvalue weighted by molar-refractivity contribution is 7.89. The zero-order valence-electron chi connectivity index (χ0n) is 16.5. The van der Waals surface area contributed by atoms with E-state index >= 15 is 0 Å². The summed E-state index contributed by atoms with van der Waals surface area (Å²) in [5.41, 5.74) is 1.33. The Balaban J connectivity index is 1.28. The maximum atomic E-state index is 12.7. The van der Waals surface area contributed by atoms with Crippen molar-refractivity contribution in [2.24, 2.45) is 5.92 Å². The summed E-state index contributed by atoms with van der Waals surface area (Å²) in [7, 11) is -3.46. The maximum absolute atomic E-state index is 12.7. The van der Waals surface area contributed by atoms with Crippen molar-refractivity contribution in [3.63, 3.8) is 0 Å². The van der Waals surface area contributed by atoms with E-state index in [1.54, 1.807) is 24.3 Å². The van der Waals surface area contributed by atoms with Gasteiger partial charge in [0.1, 0.15) is 12.4 Å². The molecule has 1 atom stereocenters. The summed E-state index contributed by atoms with van der Waals surface area (Å²) in [6.45, 7) is 2.96. The summed E-state index contributed by atoms with van der Waals surface area (Å²) in [5.74, 6) is 1.39. The molecule has 0 radical (unpaired) electrons. The van der Waals surface area contributed by atoms with E-state index in [9.17, 15) is 8.42 Å². The van der Waals surface area contributed by atoms with Gasteiger partial charge in [0.25, 0.3) is 0 Å². The number of morpholine rings is 1. The lowest BCUT2D eigenvalue weighted by Crippen LogP contribution is -2.40. The Kier molecular flexibility index (Phi) is 6.50. The van der Waals surface area contributed by atoms with E-state index in [0.717, 1.165) is 6.54 Å². The highest BCUT2D eigenvalue weighted by atomic mass is 32.2. The fourth-order valence-electron chi connectivity index (χ4n) is 3.67. The summed E-state index contributed by atoms with van der Waals surface area (Å²) in [6, 6.07) is 17.6. The second-order valence-corrected chi connectivity index (χ2v) is 9.45. The van der Waals surface area contributed by atoms with Gasteiger partial charge in [0.2, 0.25) is 10.0 Å². The fourth-order valence-corrected chi connectivity index (χ4v) is 5.08. The predicted molar refractivity (Wildman–Crippen MR) is 111 cm³/mol. The van der Waals surface area contributed by atoms with Crippen LogP contribution in [0.1, 0.15) is 24.4 Å². The van der Waals surface area contributed by atoms with Crippen molar-refractivity contribution in [2.45, 2.75) is 23.8 Å². The molecule has 6 nitrogen and oxygen atoms in total. The van der Waals surface area contributed by atoms with Gasteiger partial charge in [-0.15, -0.1) is 0 Å². The molecule has 1 unspecified atom stereocenters. The van der Waals surface area contributed by atoms with Crippen LogP contribution in [-0.2, 0) is 14.8 Å². The quantitative estimate of drug-likeness (QED) is 0.637. The summed E-state index contributed by atoms with van der Waals surface area (Å²) < 4.78 is 37.8. The van der Waals surface area contributed by atoms with E-state index in [-0.39, 0.29) is 0 Å². The van der Waals surface area contributed by atoms with Crippen LogP contribution in [0, 0.1) is 5.92 Å². The second-order valence-electron chi connectivity index (χ2n) is 7.52. The zero-order valence-corrected chi connectivity index (χ0v) is 17.3. The topological polar surface area (TPSA) is 67.9 Å². The van der Waals surface area contributed by atoms with E-state index in [4.69, 9.17) is 9.47 Å². The standard InChI is InChI=1S/C22H28N2O4S/c25-29(26,24-13-16-27-17-14-24)21-10-8-20(9-11-21)28-15-12-23-22(19-6-7-19)18-4-2-1-3-5-18/h1-5,8-11,19,22-23H,6-7,12-17H2. The first-order chi connectivity index (χ1) is 14.1. The highest BCUT2D eigenvalue weighted by Crippen LogP contribution is 2.40. The number of nitrogens with one attached hydrogen (secondary N) is 1. The minimum Gasteiger partial charge on any atom is -0.492 e. The summed E-state index contributed by atoms with van der Waals surface area (Å²) in [5, 5.41) is 3.61. The molecule has 0 aromatic heterocycles. The van der Waals surface area contributed by atoms with Crippen molar-refractivity contribution in [1.29, 1.82) is 0 Å². The van der Waals surface area contributed by atoms with Crippen LogP contribution in [0.3, 0.4) is 0 Å². The number of ether oxygens (including phenoxy) is 2. The Morgan fingerprint density at radius 3 is 2.38 bits per heavy atom. The number of hydrogen-bond acceptors (Lipinski definition) is 5. The van der Waals surface area contributed by atoms with Gasteiger partial charge in [0, 0.05) is 25.7 Å². The lowest BCUT2D eigenvalue weighted by Gasteiger charge is -2.26. The van der Waals surface area contributed by atoms with E-state index in [2.05, 4.69) is 29.6 Å². The van der Waals surface area contributed by atoms with Crippen LogP contribution in [0.15, 0.2) is 59.5 Å². The molecule has 1 heterocycles. The molecule has 1 aliphatic carbocycles. The molecule has 156 valence electrons. The second kappa shape index (κ2) is 9.26. The predicted octanol–water partition coefficient (Wildman–Crippen LogP) is 2.83. The molecular weight excluding hydrogens is 388 g/mol. The third-order valence-electron chi connectivity index (χ3n) is 5.42. The number of benzene rings is 2. The molecule has 2 aromatic carbocycles. The largest absolute Gasteiger partial charge is 0.492 e. The van der Waals surface area contributed by atoms with Gasteiger partial charge < -0.3 is 14.8 Å². The van der Waals surface area contributed by atoms with Crippen molar-refractivity contribution in [3.8, 4) is 5.75 Å². The number of nitrogens with zero attached hydrogens (tertiary/aromatic N) is 1. The van der Waals surface area contributed by atoms with Crippen LogP contribution in [0.5, 0.6) is 5.75 Å². The van der Waals surface area contributed by atoms with Gasteiger partial charge in [-0.2, -0.15) is 4.31 Å². The average Bonchev–Trinajstić information content (AvgIpc) is 3.60. The first kappa shape index (κ1) is 20.3. The molecule has 1 saturated heterocycles. The Morgan fingerprint density at radius 1 is 1.03 bits per heavy atom. The molecule has 2 aliphatic rings. The summed E-state index contributed by atoms with van der Waals surface area (Å²) >= 11 is 0. The van der Waals surface area contributed by atoms with Crippen LogP contribution in [0.4, 0.5) is 0 Å². The molecule has 1 aliphatic heterocycles. The lowest BCUT2D eigenvalue weighted by atomic mass is 10.0. The fraction of sp³-hybridized carbons (Fsp3) is 0.455. The molecule has 0 bridgehead atoms. The van der Waals surface area contributed by atoms with E-state index in [0.29, 0.717) is 55.5 Å². The first-order valence-electron chi connectivity index (χ1n) is 10.2. The zero-order chi connectivity index (χ0) is 20.1. The molecule has 1 saturated carbocycles. The normalized spacial score (nSPS) is 19.0. The number of rotatable bonds is 9. The van der Waals surface area contributed by atoms with Crippen LogP contribution in [0.25, 0.3) is 0 Å². The van der Waals surface area contributed by atoms with Crippen LogP contribution in [-0.4, -0.2) is 52.2 Å². The van der Waals surface area contributed by atoms with Crippen molar-refractivity contribution < 1.29 is 17.9 Å². The van der Waals surface area contributed by atoms with E-state index in [1.807, 2.05) is 6.07 Å². The summed E-state index contributed by atoms with van der Waals surface area (Å²) in [4.78, 5) is 0.294. The minimum absolute atomic E-state index is 0.294. The molecule has 2 fully saturated rings. The van der Waals surface area contributed by atoms with Crippen molar-refractivity contribution >= 4 is 10.0 Å². The molecule has 1 N–H and O–H groups in total. The number of sulfonamides is 1. The van der Waals surface area contributed by atoms with Crippen LogP contribution >= 0.6 is 0 Å². The Labute approximate surface area is 172 Å². The summed E-state index contributed by atoms with van der Waals surface area (Å²) in [6.07, 6.45) is 2.54. The van der Waals surface area contributed by atoms with Gasteiger partial charge in [-0.05, 0) is 48.6 Å². The van der Waals surface area contributed by atoms with Crippen molar-refractivity contribution in [1.82, 2.24) is 9.62 Å². The van der Waals surface area contributed by atoms with Gasteiger partial charge in [0.05, 0.1) is 18.1 Å². The van der Waals surface area contributed by atoms with Gasteiger partial charge >= 0.3 is 0 Å². The molecule has 2 aromatic rings. The third kappa shape index (κ3) is 5.17. The molecular formula is C22H28N2O4S. The SMILES string of the molecule is O=S(=O)(c1ccc(OCCNC(c2ccccc2)C2CC2)cc1)N1CCOCC1. The minimum atomic E-state index is -3.46. The third-order valence-corrected chi connectivity index (χ3v) is 7.33. The smallest absolute Gasteiger partial charge is 0.243 e. The Morgan fingerprint density at radius 2 is 1.72 bits per heavy atom. The molecule has 0 spiro atoms. The monoisotopic (exact) mass is 416 g/mol. The lowest BCUT2D eigenvalue weighted by molar-refractivity contribution is 0.0730. The van der Waals surface area contributed by atoms with Crippen LogP contribution in [0.2, 0.25) is 0 Å². The van der Waals surface area contributed by atoms with Gasteiger partial charge in [-0.1, -0.05) is 30.3 Å². The number of hydrogen-bond donors (Lipinski definition) is 1. The molecule has 29 heavy (non-hydrogen) atoms. The van der Waals surface area contributed by atoms with Gasteiger partial charge in [-0.25, -0.2) is 8.42 Å². The van der Waals surface area contributed by atoms with Crippen molar-refractivity contribution in [3.05, 3.63) is 60.2 Å². The maximum Gasteiger partial charge on any atom is 0.243 e. The highest BCUT2D eigenvalue weighted by Gasteiger charge is 2.31. The Hall–Kier alpha value is -1.93. The van der Waals surface area contributed by atoms with Gasteiger partial charge in [-0.3, -0.25) is 0 Å². The first-order valence-corrected chi connectivity index (χ1v) is 11.7.